The van der Waals surface area contributed by atoms with E-state index in [4.69, 9.17) is 5.26 Å². The van der Waals surface area contributed by atoms with E-state index in [1.165, 1.54) is 10.9 Å². The molecule has 0 aromatic carbocycles. The Bertz CT molecular complexity index is 490. The van der Waals surface area contributed by atoms with E-state index in [1.807, 2.05) is 6.07 Å². The largest absolute Gasteiger partial charge is 0.411 e. The van der Waals surface area contributed by atoms with Crippen LogP contribution in [0.15, 0.2) is 6.20 Å². The maximum atomic E-state index is 11.8. The number of hydrogen-bond donors (Lipinski definition) is 1. The first-order chi connectivity index (χ1) is 8.81. The van der Waals surface area contributed by atoms with E-state index < -0.39 is 18.7 Å². The monoisotopic (exact) mass is 276 g/mol. The minimum atomic E-state index is -4.41. The van der Waals surface area contributed by atoms with Gasteiger partial charge in [0.1, 0.15) is 18.2 Å². The van der Waals surface area contributed by atoms with Gasteiger partial charge in [-0.05, 0) is 0 Å². The lowest BCUT2D eigenvalue weighted by Gasteiger charge is -2.07. The number of nitrogens with zero attached hydrogens (tertiary/aromatic N) is 3. The smallest absolute Gasteiger partial charge is 0.372 e. The Morgan fingerprint density at radius 3 is 2.89 bits per heavy atom. The molecular formula is C10H11F3N4O2. The highest BCUT2D eigenvalue weighted by molar-refractivity contribution is 5.90. The molecular weight excluding hydrogens is 265 g/mol. The summed E-state index contributed by atoms with van der Waals surface area (Å²) in [5.41, 5.74) is 0.173. The Balaban J connectivity index is 2.37. The molecule has 1 N–H and O–H groups in total. The third kappa shape index (κ3) is 5.39. The Morgan fingerprint density at radius 2 is 2.32 bits per heavy atom. The summed E-state index contributed by atoms with van der Waals surface area (Å²) in [6.45, 7) is -1.76. The standard InChI is InChI=1S/C10H11F3N4O2/c1-17-5-7(4-14)9(16-17)15-8(18)2-3-19-6-10(11,12)13/h5H,2-3,6H2,1H3,(H,15,16,18). The van der Waals surface area contributed by atoms with Crippen LogP contribution < -0.4 is 5.32 Å². The van der Waals surface area contributed by atoms with Crippen LogP contribution in [0.5, 0.6) is 0 Å². The molecule has 1 aromatic rings. The number of aromatic nitrogens is 2. The number of hydrogen-bond acceptors (Lipinski definition) is 4. The fraction of sp³-hybridized carbons (Fsp3) is 0.500. The molecule has 0 spiro atoms. The number of alkyl halides is 3. The summed E-state index contributed by atoms with van der Waals surface area (Å²) < 4.78 is 40.9. The van der Waals surface area contributed by atoms with E-state index in [1.54, 1.807) is 7.05 Å². The second kappa shape index (κ2) is 6.19. The number of carbonyl (C=O) groups is 1. The maximum Gasteiger partial charge on any atom is 0.411 e. The van der Waals surface area contributed by atoms with Gasteiger partial charge in [0, 0.05) is 13.2 Å². The minimum Gasteiger partial charge on any atom is -0.372 e. The van der Waals surface area contributed by atoms with E-state index in [0.29, 0.717) is 0 Å². The zero-order chi connectivity index (χ0) is 14.5. The summed E-state index contributed by atoms with van der Waals surface area (Å²) in [5, 5.41) is 14.9. The normalized spacial score (nSPS) is 11.1. The van der Waals surface area contributed by atoms with Gasteiger partial charge in [-0.2, -0.15) is 23.5 Å². The minimum absolute atomic E-state index is 0.0748. The molecule has 9 heteroatoms. The number of amides is 1. The van der Waals surface area contributed by atoms with Crippen molar-refractivity contribution in [2.45, 2.75) is 12.6 Å². The first-order valence-corrected chi connectivity index (χ1v) is 5.20. The van der Waals surface area contributed by atoms with Crippen LogP contribution in [0.25, 0.3) is 0 Å². The second-order valence-electron chi connectivity index (χ2n) is 3.64. The van der Waals surface area contributed by atoms with Crippen molar-refractivity contribution in [2.24, 2.45) is 7.05 Å². The van der Waals surface area contributed by atoms with Crippen molar-refractivity contribution in [1.82, 2.24) is 9.78 Å². The van der Waals surface area contributed by atoms with Gasteiger partial charge in [-0.15, -0.1) is 0 Å². The molecule has 1 amide bonds. The molecule has 0 aliphatic rings. The number of halogens is 3. The SMILES string of the molecule is Cn1cc(C#N)c(NC(=O)CCOCC(F)(F)F)n1. The molecule has 1 heterocycles. The fourth-order valence-corrected chi connectivity index (χ4v) is 1.21. The van der Waals surface area contributed by atoms with E-state index in [-0.39, 0.29) is 24.4 Å². The molecule has 0 saturated carbocycles. The van der Waals surface area contributed by atoms with Crippen LogP contribution in [0.4, 0.5) is 19.0 Å². The van der Waals surface area contributed by atoms with E-state index in [0.717, 1.165) is 0 Å². The highest BCUT2D eigenvalue weighted by Crippen LogP contribution is 2.14. The van der Waals surface area contributed by atoms with Crippen molar-refractivity contribution in [3.63, 3.8) is 0 Å². The highest BCUT2D eigenvalue weighted by atomic mass is 19.4. The van der Waals surface area contributed by atoms with Gasteiger partial charge in [0.25, 0.3) is 0 Å². The molecule has 0 atom stereocenters. The van der Waals surface area contributed by atoms with Crippen molar-refractivity contribution in [2.75, 3.05) is 18.5 Å². The predicted molar refractivity (Wildman–Crippen MR) is 58.0 cm³/mol. The predicted octanol–water partition coefficient (Wildman–Crippen LogP) is 1.20. The van der Waals surface area contributed by atoms with Gasteiger partial charge in [-0.1, -0.05) is 0 Å². The van der Waals surface area contributed by atoms with Crippen molar-refractivity contribution >= 4 is 11.7 Å². The van der Waals surface area contributed by atoms with Gasteiger partial charge in [0.05, 0.1) is 13.0 Å². The number of nitrogens with one attached hydrogen (secondary N) is 1. The molecule has 0 saturated heterocycles. The van der Waals surface area contributed by atoms with Gasteiger partial charge in [0.15, 0.2) is 5.82 Å². The Hall–Kier alpha value is -2.08. The van der Waals surface area contributed by atoms with Crippen LogP contribution in [0, 0.1) is 11.3 Å². The van der Waals surface area contributed by atoms with Crippen molar-refractivity contribution in [3.05, 3.63) is 11.8 Å². The molecule has 1 aromatic heterocycles. The third-order valence-corrected chi connectivity index (χ3v) is 1.95. The first-order valence-electron chi connectivity index (χ1n) is 5.20. The van der Waals surface area contributed by atoms with Gasteiger partial charge >= 0.3 is 6.18 Å². The lowest BCUT2D eigenvalue weighted by Crippen LogP contribution is -2.20. The summed E-state index contributed by atoms with van der Waals surface area (Å²) in [4.78, 5) is 11.4. The van der Waals surface area contributed by atoms with Gasteiger partial charge in [-0.3, -0.25) is 9.48 Å². The molecule has 0 radical (unpaired) electrons. The Morgan fingerprint density at radius 1 is 1.63 bits per heavy atom. The summed E-state index contributed by atoms with van der Waals surface area (Å²) in [6, 6.07) is 1.83. The van der Waals surface area contributed by atoms with Gasteiger partial charge < -0.3 is 10.1 Å². The molecule has 104 valence electrons. The summed E-state index contributed by atoms with van der Waals surface area (Å²) in [5.74, 6) is -0.497. The maximum absolute atomic E-state index is 11.8. The Kier molecular flexibility index (Phi) is 4.88. The van der Waals surface area contributed by atoms with Crippen LogP contribution in [0.3, 0.4) is 0 Å². The Labute approximate surface area is 106 Å². The van der Waals surface area contributed by atoms with Crippen molar-refractivity contribution < 1.29 is 22.7 Å². The summed E-state index contributed by atoms with van der Waals surface area (Å²) in [6.07, 6.45) is -3.25. The number of ether oxygens (including phenoxy) is 1. The zero-order valence-electron chi connectivity index (χ0n) is 9.99. The zero-order valence-corrected chi connectivity index (χ0v) is 9.99. The molecule has 0 fully saturated rings. The number of aryl methyl sites for hydroxylation is 1. The van der Waals surface area contributed by atoms with E-state index in [9.17, 15) is 18.0 Å². The molecule has 0 aliphatic carbocycles. The molecule has 0 bridgehead atoms. The average molecular weight is 276 g/mol. The van der Waals surface area contributed by atoms with Crippen LogP contribution in [0.2, 0.25) is 0 Å². The lowest BCUT2D eigenvalue weighted by molar-refractivity contribution is -0.174. The molecule has 0 aliphatic heterocycles. The summed E-state index contributed by atoms with van der Waals surface area (Å²) in [7, 11) is 1.57. The second-order valence-corrected chi connectivity index (χ2v) is 3.64. The molecule has 6 nitrogen and oxygen atoms in total. The first kappa shape index (κ1) is 15.0. The van der Waals surface area contributed by atoms with Crippen molar-refractivity contribution in [1.29, 1.82) is 5.26 Å². The fourth-order valence-electron chi connectivity index (χ4n) is 1.21. The lowest BCUT2D eigenvalue weighted by atomic mass is 10.3. The molecule has 1 rings (SSSR count). The van der Waals surface area contributed by atoms with Gasteiger partial charge in [-0.25, -0.2) is 0 Å². The van der Waals surface area contributed by atoms with Crippen LogP contribution in [-0.4, -0.2) is 35.1 Å². The third-order valence-electron chi connectivity index (χ3n) is 1.95. The highest BCUT2D eigenvalue weighted by Gasteiger charge is 2.27. The van der Waals surface area contributed by atoms with E-state index >= 15 is 0 Å². The number of carbonyl (C=O) groups excluding carboxylic acids is 1. The van der Waals surface area contributed by atoms with Crippen LogP contribution in [0.1, 0.15) is 12.0 Å². The van der Waals surface area contributed by atoms with Crippen LogP contribution >= 0.6 is 0 Å². The van der Waals surface area contributed by atoms with E-state index in [2.05, 4.69) is 15.2 Å². The molecule has 19 heavy (non-hydrogen) atoms. The quantitative estimate of drug-likeness (QED) is 0.819. The van der Waals surface area contributed by atoms with Crippen LogP contribution in [-0.2, 0) is 16.6 Å². The average Bonchev–Trinajstić information content (AvgIpc) is 2.63. The number of nitriles is 1. The number of rotatable bonds is 5. The number of anilines is 1. The molecule has 0 unspecified atom stereocenters. The summed E-state index contributed by atoms with van der Waals surface area (Å²) >= 11 is 0. The van der Waals surface area contributed by atoms with Crippen molar-refractivity contribution in [3.8, 4) is 6.07 Å². The topological polar surface area (TPSA) is 79.9 Å². The van der Waals surface area contributed by atoms with Gasteiger partial charge in [0.2, 0.25) is 5.91 Å².